The second-order valence-electron chi connectivity index (χ2n) is 7.26. The van der Waals surface area contributed by atoms with E-state index in [9.17, 15) is 24.6 Å². The van der Waals surface area contributed by atoms with Gasteiger partial charge in [-0.2, -0.15) is 0 Å². The summed E-state index contributed by atoms with van der Waals surface area (Å²) in [5.74, 6) is -2.58. The third-order valence-electron chi connectivity index (χ3n) is 4.96. The molecule has 3 aromatic carbocycles. The molecule has 3 atom stereocenters. The van der Waals surface area contributed by atoms with Gasteiger partial charge in [0.25, 0.3) is 11.8 Å². The van der Waals surface area contributed by atoms with Crippen LogP contribution in [-0.2, 0) is 16.0 Å². The van der Waals surface area contributed by atoms with Gasteiger partial charge >= 0.3 is 5.97 Å². The molecule has 7 nitrogen and oxygen atoms in total. The molecule has 0 spiro atoms. The van der Waals surface area contributed by atoms with Gasteiger partial charge in [0, 0.05) is 12.0 Å². The fourth-order valence-electron chi connectivity index (χ4n) is 3.28. The molecular formula is C25H24N2O5. The Hall–Kier alpha value is -3.97. The maximum atomic E-state index is 12.8. The topological polar surface area (TPSA) is 116 Å². The van der Waals surface area contributed by atoms with Crippen LogP contribution in [0, 0.1) is 0 Å². The lowest BCUT2D eigenvalue weighted by atomic mass is 9.99. The molecule has 0 heterocycles. The summed E-state index contributed by atoms with van der Waals surface area (Å²) in [4.78, 5) is 37.2. The molecule has 0 bridgehead atoms. The highest BCUT2D eigenvalue weighted by molar-refractivity contribution is 5.95. The SMILES string of the molecule is O=C(N[C@@H](c1ccccc1)[C@@H](O)C(=O)N[C@H](Cc1ccccc1)C(=O)O)c1ccccc1. The van der Waals surface area contributed by atoms with Crippen molar-refractivity contribution in [1.29, 1.82) is 0 Å². The van der Waals surface area contributed by atoms with E-state index in [2.05, 4.69) is 10.6 Å². The summed E-state index contributed by atoms with van der Waals surface area (Å²) in [7, 11) is 0. The first-order chi connectivity index (χ1) is 15.5. The first-order valence-electron chi connectivity index (χ1n) is 10.1. The van der Waals surface area contributed by atoms with Crippen LogP contribution in [0.2, 0.25) is 0 Å². The van der Waals surface area contributed by atoms with Gasteiger partial charge < -0.3 is 20.8 Å². The standard InChI is InChI=1S/C25H24N2O5/c28-22(24(30)26-20(25(31)32)16-17-10-4-1-5-11-17)21(18-12-6-2-7-13-18)27-23(29)19-14-8-3-9-15-19/h1-15,20-22,28H,16H2,(H,26,30)(H,27,29)(H,31,32)/t20-,21+,22-/m1/s1. The van der Waals surface area contributed by atoms with Crippen LogP contribution >= 0.6 is 0 Å². The lowest BCUT2D eigenvalue weighted by molar-refractivity contribution is -0.143. The molecule has 4 N–H and O–H groups in total. The van der Waals surface area contributed by atoms with Crippen molar-refractivity contribution in [2.75, 3.05) is 0 Å². The fourth-order valence-corrected chi connectivity index (χ4v) is 3.28. The zero-order valence-corrected chi connectivity index (χ0v) is 17.2. The highest BCUT2D eigenvalue weighted by Gasteiger charge is 2.32. The minimum absolute atomic E-state index is 0.0566. The van der Waals surface area contributed by atoms with Crippen molar-refractivity contribution in [2.45, 2.75) is 24.6 Å². The van der Waals surface area contributed by atoms with Gasteiger partial charge in [0.1, 0.15) is 6.04 Å². The molecule has 32 heavy (non-hydrogen) atoms. The van der Waals surface area contributed by atoms with E-state index < -0.39 is 36.0 Å². The second kappa shape index (κ2) is 10.9. The molecule has 3 aromatic rings. The normalized spacial score (nSPS) is 13.4. The summed E-state index contributed by atoms with van der Waals surface area (Å²) in [6.07, 6.45) is -1.65. The number of aliphatic hydroxyl groups excluding tert-OH is 1. The van der Waals surface area contributed by atoms with Crippen molar-refractivity contribution in [3.05, 3.63) is 108 Å². The Morgan fingerprint density at radius 2 is 1.28 bits per heavy atom. The number of nitrogens with one attached hydrogen (secondary N) is 2. The number of carbonyl (C=O) groups excluding carboxylic acids is 2. The van der Waals surface area contributed by atoms with Crippen molar-refractivity contribution >= 4 is 17.8 Å². The summed E-state index contributed by atoms with van der Waals surface area (Å²) < 4.78 is 0. The van der Waals surface area contributed by atoms with Crippen molar-refractivity contribution in [3.63, 3.8) is 0 Å². The van der Waals surface area contributed by atoms with Crippen molar-refractivity contribution in [3.8, 4) is 0 Å². The minimum atomic E-state index is -1.71. The van der Waals surface area contributed by atoms with Crippen LogP contribution < -0.4 is 10.6 Å². The molecule has 0 unspecified atom stereocenters. The second-order valence-corrected chi connectivity index (χ2v) is 7.26. The van der Waals surface area contributed by atoms with Gasteiger partial charge in [0.2, 0.25) is 0 Å². The minimum Gasteiger partial charge on any atom is -0.480 e. The van der Waals surface area contributed by atoms with Gasteiger partial charge in [-0.25, -0.2) is 4.79 Å². The van der Waals surface area contributed by atoms with E-state index in [4.69, 9.17) is 0 Å². The number of aliphatic hydroxyl groups is 1. The molecule has 0 aliphatic rings. The van der Waals surface area contributed by atoms with Gasteiger partial charge in [-0.05, 0) is 23.3 Å². The Bertz CT molecular complexity index is 1040. The molecule has 3 rings (SSSR count). The van der Waals surface area contributed by atoms with E-state index in [1.54, 1.807) is 84.9 Å². The maximum Gasteiger partial charge on any atom is 0.326 e. The van der Waals surface area contributed by atoms with E-state index in [0.29, 0.717) is 11.1 Å². The van der Waals surface area contributed by atoms with Gasteiger partial charge in [-0.15, -0.1) is 0 Å². The smallest absolute Gasteiger partial charge is 0.326 e. The first-order valence-corrected chi connectivity index (χ1v) is 10.1. The monoisotopic (exact) mass is 432 g/mol. The van der Waals surface area contributed by atoms with E-state index in [1.807, 2.05) is 6.07 Å². The number of carbonyl (C=O) groups is 3. The summed E-state index contributed by atoms with van der Waals surface area (Å²) in [6, 6.07) is 23.5. The number of hydrogen-bond acceptors (Lipinski definition) is 4. The van der Waals surface area contributed by atoms with Gasteiger partial charge in [-0.3, -0.25) is 9.59 Å². The van der Waals surface area contributed by atoms with Crippen LogP contribution in [0.3, 0.4) is 0 Å². The Kier molecular flexibility index (Phi) is 7.72. The van der Waals surface area contributed by atoms with Crippen LogP contribution in [0.25, 0.3) is 0 Å². The summed E-state index contributed by atoms with van der Waals surface area (Å²) >= 11 is 0. The van der Waals surface area contributed by atoms with Crippen LogP contribution in [0.15, 0.2) is 91.0 Å². The van der Waals surface area contributed by atoms with Crippen LogP contribution in [0.4, 0.5) is 0 Å². The molecule has 0 fully saturated rings. The molecule has 0 aliphatic carbocycles. The number of amides is 2. The lowest BCUT2D eigenvalue weighted by Crippen LogP contribution is -2.50. The van der Waals surface area contributed by atoms with Crippen LogP contribution in [0.1, 0.15) is 27.5 Å². The number of carboxylic acid groups (broad SMARTS) is 1. The van der Waals surface area contributed by atoms with Gasteiger partial charge in [0.05, 0.1) is 6.04 Å². The van der Waals surface area contributed by atoms with E-state index in [1.165, 1.54) is 0 Å². The predicted octanol–water partition coefficient (Wildman–Crippen LogP) is 2.33. The van der Waals surface area contributed by atoms with Crippen molar-refractivity contribution < 1.29 is 24.6 Å². The molecular weight excluding hydrogens is 408 g/mol. The third-order valence-corrected chi connectivity index (χ3v) is 4.96. The molecule has 0 aliphatic heterocycles. The first kappa shape index (κ1) is 22.7. The van der Waals surface area contributed by atoms with Crippen LogP contribution in [-0.4, -0.2) is 40.1 Å². The average Bonchev–Trinajstić information content (AvgIpc) is 2.83. The quantitative estimate of drug-likeness (QED) is 0.414. The number of hydrogen-bond donors (Lipinski definition) is 4. The van der Waals surface area contributed by atoms with Gasteiger partial charge in [0.15, 0.2) is 6.10 Å². The predicted molar refractivity (Wildman–Crippen MR) is 119 cm³/mol. The summed E-state index contributed by atoms with van der Waals surface area (Å²) in [6.45, 7) is 0. The number of carboxylic acids is 1. The van der Waals surface area contributed by atoms with E-state index >= 15 is 0 Å². The maximum absolute atomic E-state index is 12.8. The molecule has 2 amide bonds. The molecule has 0 saturated carbocycles. The molecule has 7 heteroatoms. The largest absolute Gasteiger partial charge is 0.480 e. The molecule has 0 saturated heterocycles. The average molecular weight is 432 g/mol. The highest BCUT2D eigenvalue weighted by atomic mass is 16.4. The van der Waals surface area contributed by atoms with Crippen molar-refractivity contribution in [1.82, 2.24) is 10.6 Å². The number of benzene rings is 3. The molecule has 0 radical (unpaired) electrons. The van der Waals surface area contributed by atoms with Crippen molar-refractivity contribution in [2.24, 2.45) is 0 Å². The molecule has 0 aromatic heterocycles. The fraction of sp³-hybridized carbons (Fsp3) is 0.160. The zero-order valence-electron chi connectivity index (χ0n) is 17.2. The van der Waals surface area contributed by atoms with E-state index in [0.717, 1.165) is 5.56 Å². The number of rotatable bonds is 9. The Morgan fingerprint density at radius 3 is 1.84 bits per heavy atom. The summed E-state index contributed by atoms with van der Waals surface area (Å²) in [5, 5.41) is 25.4. The Labute approximate surface area is 185 Å². The van der Waals surface area contributed by atoms with Gasteiger partial charge in [-0.1, -0.05) is 78.9 Å². The van der Waals surface area contributed by atoms with E-state index in [-0.39, 0.29) is 6.42 Å². The number of aliphatic carboxylic acids is 1. The summed E-state index contributed by atoms with van der Waals surface area (Å²) in [5.41, 5.74) is 1.61. The zero-order chi connectivity index (χ0) is 22.9. The lowest BCUT2D eigenvalue weighted by Gasteiger charge is -2.25. The Balaban J connectivity index is 1.78. The molecule has 164 valence electrons. The highest BCUT2D eigenvalue weighted by Crippen LogP contribution is 2.19. The Morgan fingerprint density at radius 1 is 0.750 bits per heavy atom. The van der Waals surface area contributed by atoms with Crippen LogP contribution in [0.5, 0.6) is 0 Å². The third kappa shape index (κ3) is 6.02.